The highest BCUT2D eigenvalue weighted by Crippen LogP contribution is 2.74. The van der Waals surface area contributed by atoms with Gasteiger partial charge in [-0.2, -0.15) is 0 Å². The molecule has 1 spiro atoms. The molecule has 5 aliphatic rings. The van der Waals surface area contributed by atoms with Crippen LogP contribution < -0.4 is 0 Å². The van der Waals surface area contributed by atoms with Gasteiger partial charge in [0, 0.05) is 16.7 Å². The monoisotopic (exact) mass is 392 g/mol. The van der Waals surface area contributed by atoms with Crippen LogP contribution >= 0.6 is 0 Å². The normalized spacial score (nSPS) is 57.0. The van der Waals surface area contributed by atoms with Gasteiger partial charge in [-0.05, 0) is 69.3 Å². The van der Waals surface area contributed by atoms with Crippen LogP contribution in [0.15, 0.2) is 11.6 Å². The van der Waals surface area contributed by atoms with Crippen molar-refractivity contribution in [3.8, 4) is 0 Å². The molecule has 3 N–H and O–H groups in total. The molecule has 0 aromatic carbocycles. The minimum absolute atomic E-state index is 0.0447. The number of rotatable bonds is 1. The van der Waals surface area contributed by atoms with Gasteiger partial charge in [0.2, 0.25) is 0 Å². The molecule has 0 aromatic heterocycles. The Balaban J connectivity index is 1.56. The van der Waals surface area contributed by atoms with Crippen molar-refractivity contribution in [2.45, 2.75) is 89.8 Å². The SMILES string of the molecule is CC1(C)OC[C@]2(C)[C@@H](CC[C@@]3(C)[C@H]2CC=C2[C@H](O)[C@@H]4C[C@@]23CC[C@]4(O)CO)O1. The van der Waals surface area contributed by atoms with Crippen LogP contribution in [0.5, 0.6) is 0 Å². The highest BCUT2D eigenvalue weighted by molar-refractivity contribution is 5.38. The Labute approximate surface area is 168 Å². The van der Waals surface area contributed by atoms with E-state index in [2.05, 4.69) is 19.9 Å². The number of aliphatic hydroxyl groups excluding tert-OH is 2. The van der Waals surface area contributed by atoms with E-state index in [0.29, 0.717) is 18.9 Å². The third-order valence-electron chi connectivity index (χ3n) is 9.82. The highest BCUT2D eigenvalue weighted by atomic mass is 16.7. The summed E-state index contributed by atoms with van der Waals surface area (Å²) in [5.41, 5.74) is -0.101. The first-order valence-electron chi connectivity index (χ1n) is 11.1. The average Bonchev–Trinajstić information content (AvgIpc) is 2.91. The molecule has 1 saturated heterocycles. The molecule has 0 unspecified atom stereocenters. The second kappa shape index (κ2) is 5.61. The molecule has 1 heterocycles. The summed E-state index contributed by atoms with van der Waals surface area (Å²) >= 11 is 0. The predicted octanol–water partition coefficient (Wildman–Crippen LogP) is 2.78. The summed E-state index contributed by atoms with van der Waals surface area (Å²) in [7, 11) is 0. The molecular weight excluding hydrogens is 356 g/mol. The molecule has 0 radical (unpaired) electrons. The van der Waals surface area contributed by atoms with Crippen LogP contribution in [-0.4, -0.2) is 52.1 Å². The Morgan fingerprint density at radius 3 is 2.61 bits per heavy atom. The van der Waals surface area contributed by atoms with Gasteiger partial charge >= 0.3 is 0 Å². The zero-order valence-electron chi connectivity index (χ0n) is 17.7. The van der Waals surface area contributed by atoms with E-state index in [0.717, 1.165) is 37.7 Å². The Morgan fingerprint density at radius 2 is 1.89 bits per heavy atom. The smallest absolute Gasteiger partial charge is 0.163 e. The standard InChI is InChI=1S/C23H36O5/c1-19(2)27-13-20(3)16-6-5-14-18(25)15-11-22(14,9-10-23(15,26)12-24)21(16,4)8-7-17(20)28-19/h5,15-18,24-26H,6-13H2,1-4H3/t15-,16-,17+,18-,20-,21-,22-,23-/m0/s1. The van der Waals surface area contributed by atoms with Crippen molar-refractivity contribution >= 4 is 0 Å². The van der Waals surface area contributed by atoms with E-state index in [-0.39, 0.29) is 34.9 Å². The van der Waals surface area contributed by atoms with Crippen molar-refractivity contribution in [3.05, 3.63) is 11.6 Å². The Hall–Kier alpha value is -0.460. The van der Waals surface area contributed by atoms with Gasteiger partial charge in [0.05, 0.1) is 31.0 Å². The second-order valence-corrected chi connectivity index (χ2v) is 11.3. The van der Waals surface area contributed by atoms with Crippen molar-refractivity contribution in [1.82, 2.24) is 0 Å². The minimum Gasteiger partial charge on any atom is -0.393 e. The van der Waals surface area contributed by atoms with E-state index in [9.17, 15) is 15.3 Å². The maximum absolute atomic E-state index is 11.1. The number of ether oxygens (including phenoxy) is 2. The number of fused-ring (bicyclic) bond motifs is 4. The van der Waals surface area contributed by atoms with E-state index in [4.69, 9.17) is 9.47 Å². The molecular formula is C23H36O5. The quantitative estimate of drug-likeness (QED) is 0.598. The molecule has 158 valence electrons. The lowest BCUT2D eigenvalue weighted by molar-refractivity contribution is -0.346. The molecule has 4 aliphatic carbocycles. The lowest BCUT2D eigenvalue weighted by Crippen LogP contribution is -2.65. The lowest BCUT2D eigenvalue weighted by atomic mass is 9.41. The van der Waals surface area contributed by atoms with E-state index >= 15 is 0 Å². The zero-order valence-corrected chi connectivity index (χ0v) is 17.7. The predicted molar refractivity (Wildman–Crippen MR) is 104 cm³/mol. The van der Waals surface area contributed by atoms with Crippen LogP contribution in [0.25, 0.3) is 0 Å². The average molecular weight is 393 g/mol. The van der Waals surface area contributed by atoms with Gasteiger partial charge in [0.25, 0.3) is 0 Å². The Kier molecular flexibility index (Phi) is 3.91. The van der Waals surface area contributed by atoms with Crippen LogP contribution in [0.3, 0.4) is 0 Å². The summed E-state index contributed by atoms with van der Waals surface area (Å²) in [6.45, 7) is 9.20. The van der Waals surface area contributed by atoms with Gasteiger partial charge in [-0.25, -0.2) is 0 Å². The van der Waals surface area contributed by atoms with E-state index in [1.807, 2.05) is 13.8 Å². The van der Waals surface area contributed by atoms with E-state index in [1.54, 1.807) is 0 Å². The molecule has 0 aromatic rings. The maximum Gasteiger partial charge on any atom is 0.163 e. The number of allylic oxidation sites excluding steroid dienone is 1. The van der Waals surface area contributed by atoms with Crippen LogP contribution in [0.4, 0.5) is 0 Å². The topological polar surface area (TPSA) is 79.2 Å². The van der Waals surface area contributed by atoms with Gasteiger partial charge in [-0.15, -0.1) is 0 Å². The fourth-order valence-corrected chi connectivity index (χ4v) is 8.14. The van der Waals surface area contributed by atoms with Crippen LogP contribution in [0, 0.1) is 28.1 Å². The first-order valence-corrected chi connectivity index (χ1v) is 11.1. The Morgan fingerprint density at radius 1 is 1.14 bits per heavy atom. The van der Waals surface area contributed by atoms with Crippen molar-refractivity contribution < 1.29 is 24.8 Å². The van der Waals surface area contributed by atoms with Crippen LogP contribution in [-0.2, 0) is 9.47 Å². The molecule has 5 heteroatoms. The molecule has 4 fully saturated rings. The van der Waals surface area contributed by atoms with Gasteiger partial charge in [0.15, 0.2) is 5.79 Å². The summed E-state index contributed by atoms with van der Waals surface area (Å²) in [4.78, 5) is 0. The zero-order chi connectivity index (χ0) is 20.2. The van der Waals surface area contributed by atoms with E-state index in [1.165, 1.54) is 0 Å². The fourth-order valence-electron chi connectivity index (χ4n) is 8.14. The van der Waals surface area contributed by atoms with E-state index < -0.39 is 17.5 Å². The van der Waals surface area contributed by atoms with Crippen molar-refractivity contribution in [2.75, 3.05) is 13.2 Å². The summed E-state index contributed by atoms with van der Waals surface area (Å²) in [6, 6.07) is 0. The van der Waals surface area contributed by atoms with Gasteiger partial charge in [0.1, 0.15) is 0 Å². The number of hydrogen-bond acceptors (Lipinski definition) is 5. The van der Waals surface area contributed by atoms with Crippen molar-refractivity contribution in [3.63, 3.8) is 0 Å². The molecule has 5 nitrogen and oxygen atoms in total. The second-order valence-electron chi connectivity index (χ2n) is 11.3. The molecule has 8 atom stereocenters. The third-order valence-corrected chi connectivity index (χ3v) is 9.82. The molecule has 28 heavy (non-hydrogen) atoms. The first-order chi connectivity index (χ1) is 13.0. The molecule has 3 saturated carbocycles. The van der Waals surface area contributed by atoms with Gasteiger partial charge < -0.3 is 24.8 Å². The Bertz CT molecular complexity index is 718. The van der Waals surface area contributed by atoms with Crippen LogP contribution in [0.2, 0.25) is 0 Å². The molecule has 1 aliphatic heterocycles. The summed E-state index contributed by atoms with van der Waals surface area (Å²) in [5, 5.41) is 32.0. The maximum atomic E-state index is 11.1. The summed E-state index contributed by atoms with van der Waals surface area (Å²) in [5.74, 6) is -0.371. The first kappa shape index (κ1) is 19.5. The fraction of sp³-hybridized carbons (Fsp3) is 0.913. The lowest BCUT2D eigenvalue weighted by Gasteiger charge is -2.66. The number of hydrogen-bond donors (Lipinski definition) is 3. The minimum atomic E-state index is -1.16. The highest BCUT2D eigenvalue weighted by Gasteiger charge is 2.71. The van der Waals surface area contributed by atoms with Gasteiger partial charge in [-0.1, -0.05) is 19.9 Å². The summed E-state index contributed by atoms with van der Waals surface area (Å²) in [6.07, 6.45) is 7.01. The third kappa shape index (κ3) is 2.15. The van der Waals surface area contributed by atoms with Crippen LogP contribution in [0.1, 0.15) is 66.2 Å². The molecule has 2 bridgehead atoms. The van der Waals surface area contributed by atoms with Crippen molar-refractivity contribution in [2.24, 2.45) is 28.1 Å². The summed E-state index contributed by atoms with van der Waals surface area (Å²) < 4.78 is 12.5. The molecule has 5 rings (SSSR count). The largest absolute Gasteiger partial charge is 0.393 e. The van der Waals surface area contributed by atoms with Gasteiger partial charge in [-0.3, -0.25) is 0 Å². The van der Waals surface area contributed by atoms with Crippen molar-refractivity contribution in [1.29, 1.82) is 0 Å². The number of aliphatic hydroxyl groups is 3. The molecule has 0 amide bonds.